The van der Waals surface area contributed by atoms with Crippen molar-refractivity contribution in [3.05, 3.63) is 30.1 Å². The number of aromatic nitrogens is 4. The highest BCUT2D eigenvalue weighted by atomic mass is 16.2. The molecule has 7 nitrogen and oxygen atoms in total. The van der Waals surface area contributed by atoms with Gasteiger partial charge in [-0.2, -0.15) is 0 Å². The molecule has 0 unspecified atom stereocenters. The SMILES string of the molecule is CC[C@@H](N)C(=O)Nc1ccc(C)c(-n2cnnn2)c1. The van der Waals surface area contributed by atoms with Gasteiger partial charge in [-0.1, -0.05) is 13.0 Å². The second-order valence-corrected chi connectivity index (χ2v) is 4.26. The lowest BCUT2D eigenvalue weighted by Crippen LogP contribution is -2.34. The fourth-order valence-electron chi connectivity index (χ4n) is 1.63. The van der Waals surface area contributed by atoms with E-state index in [1.54, 1.807) is 4.68 Å². The quantitative estimate of drug-likeness (QED) is 0.840. The molecule has 100 valence electrons. The molecule has 1 heterocycles. The van der Waals surface area contributed by atoms with Crippen LogP contribution in [0, 0.1) is 6.92 Å². The van der Waals surface area contributed by atoms with Gasteiger partial charge in [0.15, 0.2) is 0 Å². The zero-order valence-corrected chi connectivity index (χ0v) is 10.9. The van der Waals surface area contributed by atoms with Crippen LogP contribution in [-0.4, -0.2) is 32.2 Å². The van der Waals surface area contributed by atoms with Gasteiger partial charge in [-0.25, -0.2) is 4.68 Å². The minimum atomic E-state index is -0.502. The normalized spacial score (nSPS) is 12.2. The molecule has 0 saturated carbocycles. The average molecular weight is 260 g/mol. The van der Waals surface area contributed by atoms with Crippen LogP contribution >= 0.6 is 0 Å². The lowest BCUT2D eigenvalue weighted by atomic mass is 10.1. The van der Waals surface area contributed by atoms with Crippen molar-refractivity contribution in [3.63, 3.8) is 0 Å². The molecular formula is C12H16N6O. The monoisotopic (exact) mass is 260 g/mol. The third-order valence-corrected chi connectivity index (χ3v) is 2.85. The van der Waals surface area contributed by atoms with Crippen molar-refractivity contribution in [3.8, 4) is 5.69 Å². The Morgan fingerprint density at radius 1 is 1.53 bits per heavy atom. The molecular weight excluding hydrogens is 244 g/mol. The number of anilines is 1. The van der Waals surface area contributed by atoms with Crippen LogP contribution in [0.5, 0.6) is 0 Å². The lowest BCUT2D eigenvalue weighted by Gasteiger charge is -2.12. The second kappa shape index (κ2) is 5.57. The molecule has 2 rings (SSSR count). The fourth-order valence-corrected chi connectivity index (χ4v) is 1.63. The summed E-state index contributed by atoms with van der Waals surface area (Å²) in [6.45, 7) is 3.81. The Morgan fingerprint density at radius 3 is 2.95 bits per heavy atom. The van der Waals surface area contributed by atoms with Crippen LogP contribution in [0.3, 0.4) is 0 Å². The summed E-state index contributed by atoms with van der Waals surface area (Å²) in [6.07, 6.45) is 2.10. The Morgan fingerprint density at radius 2 is 2.32 bits per heavy atom. The number of aryl methyl sites for hydroxylation is 1. The summed E-state index contributed by atoms with van der Waals surface area (Å²) in [5.74, 6) is -0.200. The first-order valence-corrected chi connectivity index (χ1v) is 6.02. The number of nitrogens with one attached hydrogen (secondary N) is 1. The number of carbonyl (C=O) groups excluding carboxylic acids is 1. The van der Waals surface area contributed by atoms with Gasteiger partial charge in [0.25, 0.3) is 0 Å². The van der Waals surface area contributed by atoms with E-state index < -0.39 is 6.04 Å². The van der Waals surface area contributed by atoms with Crippen LogP contribution in [-0.2, 0) is 4.79 Å². The molecule has 19 heavy (non-hydrogen) atoms. The predicted molar refractivity (Wildman–Crippen MR) is 70.8 cm³/mol. The molecule has 0 saturated heterocycles. The minimum absolute atomic E-state index is 0.200. The first-order chi connectivity index (χ1) is 9.11. The molecule has 0 bridgehead atoms. The summed E-state index contributed by atoms with van der Waals surface area (Å²) in [7, 11) is 0. The first-order valence-electron chi connectivity index (χ1n) is 6.02. The van der Waals surface area contributed by atoms with E-state index in [1.165, 1.54) is 6.33 Å². The number of tetrazole rings is 1. The van der Waals surface area contributed by atoms with Gasteiger partial charge in [0.05, 0.1) is 11.7 Å². The van der Waals surface area contributed by atoms with Crippen molar-refractivity contribution in [1.82, 2.24) is 20.2 Å². The van der Waals surface area contributed by atoms with Crippen LogP contribution in [0.15, 0.2) is 24.5 Å². The maximum Gasteiger partial charge on any atom is 0.241 e. The molecule has 0 fully saturated rings. The van der Waals surface area contributed by atoms with E-state index in [9.17, 15) is 4.79 Å². The third-order valence-electron chi connectivity index (χ3n) is 2.85. The number of carbonyl (C=O) groups is 1. The maximum atomic E-state index is 11.7. The number of hydrogen-bond donors (Lipinski definition) is 2. The molecule has 0 aliphatic carbocycles. The average Bonchev–Trinajstić information content (AvgIpc) is 2.93. The summed E-state index contributed by atoms with van der Waals surface area (Å²) in [5.41, 5.74) is 8.17. The Kier molecular flexibility index (Phi) is 3.86. The van der Waals surface area contributed by atoms with Gasteiger partial charge in [-0.05, 0) is 41.5 Å². The number of benzene rings is 1. The number of hydrogen-bond acceptors (Lipinski definition) is 5. The highest BCUT2D eigenvalue weighted by Gasteiger charge is 2.12. The minimum Gasteiger partial charge on any atom is -0.325 e. The van der Waals surface area contributed by atoms with Crippen LogP contribution in [0.2, 0.25) is 0 Å². The summed E-state index contributed by atoms with van der Waals surface area (Å²) in [6, 6.07) is 5.03. The van der Waals surface area contributed by atoms with E-state index in [0.717, 1.165) is 11.3 Å². The molecule has 0 radical (unpaired) electrons. The Balaban J connectivity index is 2.24. The predicted octanol–water partition coefficient (Wildman–Crippen LogP) is 0.647. The van der Waals surface area contributed by atoms with Crippen molar-refractivity contribution in [2.24, 2.45) is 5.73 Å². The molecule has 7 heteroatoms. The number of nitrogens with zero attached hydrogens (tertiary/aromatic N) is 4. The number of amides is 1. The summed E-state index contributed by atoms with van der Waals surface area (Å²) in [4.78, 5) is 11.7. The standard InChI is InChI=1S/C12H16N6O/c1-3-10(13)12(19)15-9-5-4-8(2)11(6-9)18-7-14-16-17-18/h4-7,10H,3,13H2,1-2H3,(H,15,19)/t10-/m1/s1. The molecule has 0 spiro atoms. The van der Waals surface area contributed by atoms with Crippen molar-refractivity contribution >= 4 is 11.6 Å². The van der Waals surface area contributed by atoms with Gasteiger partial charge >= 0.3 is 0 Å². The molecule has 1 aromatic carbocycles. The molecule has 1 aromatic heterocycles. The van der Waals surface area contributed by atoms with Gasteiger partial charge in [-0.3, -0.25) is 4.79 Å². The molecule has 0 aliphatic rings. The summed E-state index contributed by atoms with van der Waals surface area (Å²) in [5, 5.41) is 13.8. The largest absolute Gasteiger partial charge is 0.325 e. The van der Waals surface area contributed by atoms with Crippen LogP contribution < -0.4 is 11.1 Å². The van der Waals surface area contributed by atoms with Gasteiger partial charge < -0.3 is 11.1 Å². The zero-order chi connectivity index (χ0) is 13.8. The van der Waals surface area contributed by atoms with E-state index >= 15 is 0 Å². The number of nitrogens with two attached hydrogens (primary N) is 1. The van der Waals surface area contributed by atoms with E-state index in [-0.39, 0.29) is 5.91 Å². The van der Waals surface area contributed by atoms with E-state index in [2.05, 4.69) is 20.8 Å². The second-order valence-electron chi connectivity index (χ2n) is 4.26. The maximum absolute atomic E-state index is 11.7. The molecule has 1 atom stereocenters. The van der Waals surface area contributed by atoms with Gasteiger partial charge in [0, 0.05) is 5.69 Å². The van der Waals surface area contributed by atoms with Crippen molar-refractivity contribution in [1.29, 1.82) is 0 Å². The molecule has 2 aromatic rings. The van der Waals surface area contributed by atoms with E-state index in [4.69, 9.17) is 5.73 Å². The Bertz CT molecular complexity index is 566. The van der Waals surface area contributed by atoms with Crippen LogP contribution in [0.25, 0.3) is 5.69 Å². The molecule has 1 amide bonds. The van der Waals surface area contributed by atoms with E-state index in [0.29, 0.717) is 12.1 Å². The van der Waals surface area contributed by atoms with Gasteiger partial charge in [-0.15, -0.1) is 5.10 Å². The van der Waals surface area contributed by atoms with Crippen molar-refractivity contribution < 1.29 is 4.79 Å². The highest BCUT2D eigenvalue weighted by Crippen LogP contribution is 2.18. The topological polar surface area (TPSA) is 98.7 Å². The van der Waals surface area contributed by atoms with Crippen LogP contribution in [0.1, 0.15) is 18.9 Å². The Hall–Kier alpha value is -2.28. The smallest absolute Gasteiger partial charge is 0.241 e. The molecule has 3 N–H and O–H groups in total. The van der Waals surface area contributed by atoms with Crippen molar-refractivity contribution in [2.45, 2.75) is 26.3 Å². The van der Waals surface area contributed by atoms with Crippen molar-refractivity contribution in [2.75, 3.05) is 5.32 Å². The summed E-state index contributed by atoms with van der Waals surface area (Å²) >= 11 is 0. The van der Waals surface area contributed by atoms with Gasteiger partial charge in [0.1, 0.15) is 6.33 Å². The third kappa shape index (κ3) is 2.94. The molecule has 0 aliphatic heterocycles. The van der Waals surface area contributed by atoms with E-state index in [1.807, 2.05) is 32.0 Å². The van der Waals surface area contributed by atoms with Crippen LogP contribution in [0.4, 0.5) is 5.69 Å². The summed E-state index contributed by atoms with van der Waals surface area (Å²) < 4.78 is 1.55. The first kappa shape index (κ1) is 13.2. The van der Waals surface area contributed by atoms with Gasteiger partial charge in [0.2, 0.25) is 5.91 Å². The fraction of sp³-hybridized carbons (Fsp3) is 0.333. The lowest BCUT2D eigenvalue weighted by molar-refractivity contribution is -0.117. The highest BCUT2D eigenvalue weighted by molar-refractivity contribution is 5.94. The number of rotatable bonds is 4. The zero-order valence-electron chi connectivity index (χ0n) is 10.9. The Labute approximate surface area is 110 Å².